The summed E-state index contributed by atoms with van der Waals surface area (Å²) in [7, 11) is 0. The van der Waals surface area contributed by atoms with Crippen molar-refractivity contribution in [3.63, 3.8) is 0 Å². The second-order valence-electron chi connectivity index (χ2n) is 7.54. The van der Waals surface area contributed by atoms with E-state index in [0.717, 1.165) is 48.8 Å². The van der Waals surface area contributed by atoms with Crippen LogP contribution in [-0.2, 0) is 4.79 Å². The third-order valence-electron chi connectivity index (χ3n) is 4.40. The number of hydrogen-bond donors (Lipinski definition) is 1. The summed E-state index contributed by atoms with van der Waals surface area (Å²) in [6, 6.07) is 3.93. The van der Waals surface area contributed by atoms with Gasteiger partial charge in [0.2, 0.25) is 5.91 Å². The Morgan fingerprint density at radius 3 is 2.79 bits per heavy atom. The normalized spacial score (nSPS) is 18.7. The third kappa shape index (κ3) is 3.47. The molecule has 6 nitrogen and oxygen atoms in total. The summed E-state index contributed by atoms with van der Waals surface area (Å²) in [6.07, 6.45) is 3.78. The quantitative estimate of drug-likeness (QED) is 0.920. The summed E-state index contributed by atoms with van der Waals surface area (Å²) >= 11 is 0. The van der Waals surface area contributed by atoms with E-state index >= 15 is 0 Å². The Labute approximate surface area is 142 Å². The van der Waals surface area contributed by atoms with Gasteiger partial charge in [0.15, 0.2) is 0 Å². The van der Waals surface area contributed by atoms with E-state index in [9.17, 15) is 4.79 Å². The first-order valence-electron chi connectivity index (χ1n) is 8.49. The maximum absolute atomic E-state index is 12.6. The molecule has 1 aliphatic heterocycles. The van der Waals surface area contributed by atoms with Crippen molar-refractivity contribution in [2.24, 2.45) is 5.41 Å². The molecule has 128 valence electrons. The lowest BCUT2D eigenvalue weighted by Gasteiger charge is -2.36. The number of hydrogen-bond acceptors (Lipinski definition) is 4. The molecule has 0 spiro atoms. The number of carbonyl (C=O) groups is 1. The van der Waals surface area contributed by atoms with Gasteiger partial charge in [-0.1, -0.05) is 20.8 Å². The standard InChI is InChI=1S/C18H25N5O/c1-12-20-15(10-16(21-12)14-7-8-19-22-14)13-6-5-9-23(11-13)17(24)18(2,3)4/h7-8,10,13H,5-6,9,11H2,1-4H3,(H,19,22). The van der Waals surface area contributed by atoms with Crippen LogP contribution in [0.3, 0.4) is 0 Å². The fraction of sp³-hybridized carbons (Fsp3) is 0.556. The van der Waals surface area contributed by atoms with Crippen LogP contribution in [0.5, 0.6) is 0 Å². The number of nitrogens with one attached hydrogen (secondary N) is 1. The topological polar surface area (TPSA) is 74.8 Å². The molecule has 1 N–H and O–H groups in total. The van der Waals surface area contributed by atoms with Crippen LogP contribution in [0, 0.1) is 12.3 Å². The number of nitrogens with zero attached hydrogens (tertiary/aromatic N) is 4. The summed E-state index contributed by atoms with van der Waals surface area (Å²) in [5.74, 6) is 1.22. The second-order valence-corrected chi connectivity index (χ2v) is 7.54. The predicted molar refractivity (Wildman–Crippen MR) is 92.4 cm³/mol. The Bertz CT molecular complexity index is 718. The summed E-state index contributed by atoms with van der Waals surface area (Å²) in [6.45, 7) is 9.40. The predicted octanol–water partition coefficient (Wildman–Crippen LogP) is 2.93. The van der Waals surface area contributed by atoms with Gasteiger partial charge < -0.3 is 4.90 Å². The number of aromatic amines is 1. The van der Waals surface area contributed by atoms with Gasteiger partial charge in [-0.05, 0) is 31.9 Å². The Hall–Kier alpha value is -2.24. The van der Waals surface area contributed by atoms with Crippen LogP contribution in [0.2, 0.25) is 0 Å². The highest BCUT2D eigenvalue weighted by atomic mass is 16.2. The molecule has 1 atom stereocenters. The van der Waals surface area contributed by atoms with Crippen LogP contribution in [0.1, 0.15) is 51.0 Å². The average Bonchev–Trinajstić information content (AvgIpc) is 3.07. The molecule has 0 bridgehead atoms. The zero-order valence-electron chi connectivity index (χ0n) is 14.8. The largest absolute Gasteiger partial charge is 0.342 e. The first kappa shape index (κ1) is 16.6. The minimum absolute atomic E-state index is 0.215. The number of rotatable bonds is 2. The molecule has 0 saturated carbocycles. The number of piperidine rings is 1. The van der Waals surface area contributed by atoms with Gasteiger partial charge in [0.25, 0.3) is 0 Å². The number of aromatic nitrogens is 4. The highest BCUT2D eigenvalue weighted by molar-refractivity contribution is 5.81. The molecular formula is C18H25N5O. The molecule has 2 aromatic rings. The molecule has 2 aromatic heterocycles. The van der Waals surface area contributed by atoms with Crippen LogP contribution in [0.25, 0.3) is 11.4 Å². The lowest BCUT2D eigenvalue weighted by molar-refractivity contribution is -0.140. The van der Waals surface area contributed by atoms with Crippen molar-refractivity contribution in [2.45, 2.75) is 46.5 Å². The molecule has 24 heavy (non-hydrogen) atoms. The molecule has 3 rings (SSSR count). The SMILES string of the molecule is Cc1nc(-c2ccn[nH]2)cc(C2CCCN(C(=O)C(C)(C)C)C2)n1. The van der Waals surface area contributed by atoms with Gasteiger partial charge in [-0.2, -0.15) is 5.10 Å². The molecule has 0 aliphatic carbocycles. The van der Waals surface area contributed by atoms with Crippen molar-refractivity contribution in [2.75, 3.05) is 13.1 Å². The van der Waals surface area contributed by atoms with E-state index in [2.05, 4.69) is 20.2 Å². The second kappa shape index (κ2) is 6.34. The molecule has 0 aromatic carbocycles. The molecule has 1 unspecified atom stereocenters. The first-order chi connectivity index (χ1) is 11.3. The van der Waals surface area contributed by atoms with Crippen LogP contribution >= 0.6 is 0 Å². The molecule has 1 amide bonds. The third-order valence-corrected chi connectivity index (χ3v) is 4.40. The highest BCUT2D eigenvalue weighted by Crippen LogP contribution is 2.30. The number of aryl methyl sites for hydroxylation is 1. The van der Waals surface area contributed by atoms with Crippen LogP contribution < -0.4 is 0 Å². The van der Waals surface area contributed by atoms with Gasteiger partial charge in [0.1, 0.15) is 5.82 Å². The van der Waals surface area contributed by atoms with E-state index in [4.69, 9.17) is 0 Å². The van der Waals surface area contributed by atoms with Crippen LogP contribution in [0.4, 0.5) is 0 Å². The van der Waals surface area contributed by atoms with Gasteiger partial charge in [-0.3, -0.25) is 9.89 Å². The molecule has 6 heteroatoms. The van der Waals surface area contributed by atoms with Gasteiger partial charge in [-0.15, -0.1) is 0 Å². The van der Waals surface area contributed by atoms with E-state index < -0.39 is 0 Å². The first-order valence-corrected chi connectivity index (χ1v) is 8.49. The smallest absolute Gasteiger partial charge is 0.227 e. The Kier molecular flexibility index (Phi) is 4.39. The van der Waals surface area contributed by atoms with Crippen molar-refractivity contribution in [3.05, 3.63) is 29.8 Å². The highest BCUT2D eigenvalue weighted by Gasteiger charge is 2.32. The lowest BCUT2D eigenvalue weighted by Crippen LogP contribution is -2.44. The van der Waals surface area contributed by atoms with E-state index in [1.54, 1.807) is 6.20 Å². The van der Waals surface area contributed by atoms with Crippen LogP contribution in [0.15, 0.2) is 18.3 Å². The fourth-order valence-corrected chi connectivity index (χ4v) is 3.21. The van der Waals surface area contributed by atoms with Gasteiger partial charge in [-0.25, -0.2) is 9.97 Å². The zero-order valence-corrected chi connectivity index (χ0v) is 14.8. The Balaban J connectivity index is 1.85. The minimum Gasteiger partial charge on any atom is -0.342 e. The summed E-state index contributed by atoms with van der Waals surface area (Å²) in [4.78, 5) is 23.7. The van der Waals surface area contributed by atoms with E-state index in [1.165, 1.54) is 0 Å². The van der Waals surface area contributed by atoms with E-state index in [0.29, 0.717) is 0 Å². The van der Waals surface area contributed by atoms with Gasteiger partial charge in [0, 0.05) is 36.3 Å². The van der Waals surface area contributed by atoms with Crippen molar-refractivity contribution in [3.8, 4) is 11.4 Å². The van der Waals surface area contributed by atoms with E-state index in [-0.39, 0.29) is 17.2 Å². The van der Waals surface area contributed by atoms with Crippen molar-refractivity contribution in [1.82, 2.24) is 25.1 Å². The minimum atomic E-state index is -0.343. The van der Waals surface area contributed by atoms with Gasteiger partial charge >= 0.3 is 0 Å². The summed E-state index contributed by atoms with van der Waals surface area (Å²) in [5.41, 5.74) is 2.41. The van der Waals surface area contributed by atoms with Gasteiger partial charge in [0.05, 0.1) is 11.4 Å². The Morgan fingerprint density at radius 1 is 1.33 bits per heavy atom. The molecule has 1 fully saturated rings. The molecule has 1 aliphatic rings. The summed E-state index contributed by atoms with van der Waals surface area (Å²) < 4.78 is 0. The van der Waals surface area contributed by atoms with Crippen molar-refractivity contribution < 1.29 is 4.79 Å². The molecule has 0 radical (unpaired) electrons. The Morgan fingerprint density at radius 2 is 2.12 bits per heavy atom. The zero-order chi connectivity index (χ0) is 17.3. The molecule has 3 heterocycles. The maximum Gasteiger partial charge on any atom is 0.227 e. The molecular weight excluding hydrogens is 302 g/mol. The maximum atomic E-state index is 12.6. The summed E-state index contributed by atoms with van der Waals surface area (Å²) in [5, 5.41) is 6.95. The number of carbonyl (C=O) groups excluding carboxylic acids is 1. The average molecular weight is 327 g/mol. The van der Waals surface area contributed by atoms with Crippen molar-refractivity contribution >= 4 is 5.91 Å². The molecule has 1 saturated heterocycles. The number of likely N-dealkylation sites (tertiary alicyclic amines) is 1. The number of amides is 1. The number of H-pyrrole nitrogens is 1. The lowest BCUT2D eigenvalue weighted by atomic mass is 9.89. The monoisotopic (exact) mass is 327 g/mol. The van der Waals surface area contributed by atoms with Crippen molar-refractivity contribution in [1.29, 1.82) is 0 Å². The van der Waals surface area contributed by atoms with Crippen LogP contribution in [-0.4, -0.2) is 44.1 Å². The van der Waals surface area contributed by atoms with E-state index in [1.807, 2.05) is 44.7 Å². The fourth-order valence-electron chi connectivity index (χ4n) is 3.21.